The van der Waals surface area contributed by atoms with E-state index >= 15 is 0 Å². The Kier molecular flexibility index (Phi) is 9.18. The number of ether oxygens (including phenoxy) is 1. The first kappa shape index (κ1) is 24.7. The lowest BCUT2D eigenvalue weighted by Crippen LogP contribution is -2.49. The Morgan fingerprint density at radius 2 is 1.90 bits per heavy atom. The zero-order valence-corrected chi connectivity index (χ0v) is 18.4. The van der Waals surface area contributed by atoms with Gasteiger partial charge < -0.3 is 25.0 Å². The van der Waals surface area contributed by atoms with Crippen molar-refractivity contribution >= 4 is 35.3 Å². The Morgan fingerprint density at radius 3 is 2.43 bits per heavy atom. The summed E-state index contributed by atoms with van der Waals surface area (Å²) in [6.07, 6.45) is -1.72. The van der Waals surface area contributed by atoms with E-state index in [0.717, 1.165) is 5.56 Å². The molecule has 0 aliphatic carbocycles. The first-order valence-corrected chi connectivity index (χ1v) is 10.6. The second-order valence-corrected chi connectivity index (χ2v) is 8.82. The lowest BCUT2D eigenvalue weighted by molar-refractivity contribution is -0.141. The largest absolute Gasteiger partial charge is 0.480 e. The molecule has 1 aromatic rings. The molecule has 0 radical (unpaired) electrons. The van der Waals surface area contributed by atoms with Gasteiger partial charge in [-0.3, -0.25) is 10.1 Å². The molecule has 0 bridgehead atoms. The second kappa shape index (κ2) is 11.2. The van der Waals surface area contributed by atoms with Gasteiger partial charge in [-0.2, -0.15) is 0 Å². The van der Waals surface area contributed by atoms with Crippen molar-refractivity contribution in [3.8, 4) is 0 Å². The molecular weight excluding hydrogens is 435 g/mol. The van der Waals surface area contributed by atoms with Crippen molar-refractivity contribution in [1.29, 1.82) is 0 Å². The average molecular weight is 463 g/mol. The van der Waals surface area contributed by atoms with Gasteiger partial charge in [0.15, 0.2) is 6.29 Å². The van der Waals surface area contributed by atoms with Crippen molar-refractivity contribution in [2.45, 2.75) is 64.1 Å². The summed E-state index contributed by atoms with van der Waals surface area (Å²) in [6.45, 7) is 4.39. The summed E-state index contributed by atoms with van der Waals surface area (Å²) in [7, 11) is 0. The van der Waals surface area contributed by atoms with Crippen molar-refractivity contribution in [3.63, 3.8) is 0 Å². The van der Waals surface area contributed by atoms with Crippen LogP contribution in [0.15, 0.2) is 18.2 Å². The van der Waals surface area contributed by atoms with E-state index in [-0.39, 0.29) is 18.9 Å². The number of halogens is 2. The Labute approximate surface area is 185 Å². The van der Waals surface area contributed by atoms with E-state index in [9.17, 15) is 24.9 Å². The van der Waals surface area contributed by atoms with E-state index in [2.05, 4.69) is 5.32 Å². The van der Waals surface area contributed by atoms with E-state index in [1.807, 2.05) is 13.8 Å². The number of carbonyl (C=O) groups excluding carboxylic acids is 1. The fourth-order valence-electron chi connectivity index (χ4n) is 3.43. The third-order valence-electron chi connectivity index (χ3n) is 4.83. The van der Waals surface area contributed by atoms with Crippen LogP contribution in [0.2, 0.25) is 10.0 Å². The van der Waals surface area contributed by atoms with Crippen LogP contribution < -0.4 is 5.32 Å². The van der Waals surface area contributed by atoms with Crippen molar-refractivity contribution < 1.29 is 29.6 Å². The van der Waals surface area contributed by atoms with Crippen LogP contribution >= 0.6 is 23.2 Å². The number of carboxylic acid groups (broad SMARTS) is 1. The number of hydrogen-bond donors (Lipinski definition) is 4. The monoisotopic (exact) mass is 462 g/mol. The van der Waals surface area contributed by atoms with Crippen LogP contribution in [0, 0.1) is 5.92 Å². The van der Waals surface area contributed by atoms with Crippen LogP contribution in [0.3, 0.4) is 0 Å². The van der Waals surface area contributed by atoms with Gasteiger partial charge in [0.25, 0.3) is 0 Å². The number of aliphatic hydroxyl groups excluding tert-OH is 1. The number of nitrogens with one attached hydrogen (secondary N) is 1. The molecule has 4 N–H and O–H groups in total. The van der Waals surface area contributed by atoms with Crippen molar-refractivity contribution in [1.82, 2.24) is 10.2 Å². The number of carboxylic acids is 1. The number of aliphatic hydroxyl groups is 2. The second-order valence-electron chi connectivity index (χ2n) is 7.95. The number of benzene rings is 1. The number of amides is 1. The minimum Gasteiger partial charge on any atom is -0.480 e. The molecule has 2 rings (SSSR count). The third kappa shape index (κ3) is 7.59. The van der Waals surface area contributed by atoms with Crippen molar-refractivity contribution in [2.24, 2.45) is 5.92 Å². The van der Waals surface area contributed by atoms with Gasteiger partial charge in [-0.05, 0) is 48.9 Å². The minimum atomic E-state index is -1.74. The molecule has 30 heavy (non-hydrogen) atoms. The number of carbonyl (C=O) groups is 2. The average Bonchev–Trinajstić information content (AvgIpc) is 2.95. The molecule has 1 fully saturated rings. The Bertz CT molecular complexity index is 726. The first-order chi connectivity index (χ1) is 14.0. The highest BCUT2D eigenvalue weighted by Gasteiger charge is 2.33. The Balaban J connectivity index is 1.92. The summed E-state index contributed by atoms with van der Waals surface area (Å²) in [5, 5.41) is 32.4. The summed E-state index contributed by atoms with van der Waals surface area (Å²) < 4.78 is 5.37. The standard InChI is InChI=1S/C20H28Cl2N2O6/c1-11(2)5-17(19(27)28)23-16(18(25)26)4-3-15-10-24(20(29)30-15)9-12-6-13(21)8-14(22)7-12/h6-8,11,15-18,23,25-26H,3-5,9-10H2,1-2H3,(H,27,28)/t15?,16-,17-/m0/s1. The van der Waals surface area contributed by atoms with Crippen LogP contribution in [0.1, 0.15) is 38.7 Å². The minimum absolute atomic E-state index is 0.124. The van der Waals surface area contributed by atoms with Crippen LogP contribution in [-0.4, -0.2) is 63.3 Å². The van der Waals surface area contributed by atoms with Gasteiger partial charge in [0, 0.05) is 16.6 Å². The van der Waals surface area contributed by atoms with E-state index in [4.69, 9.17) is 27.9 Å². The van der Waals surface area contributed by atoms with Crippen LogP contribution in [0.5, 0.6) is 0 Å². The number of rotatable bonds is 11. The van der Waals surface area contributed by atoms with Crippen molar-refractivity contribution in [2.75, 3.05) is 6.54 Å². The maximum Gasteiger partial charge on any atom is 0.410 e. The molecule has 1 saturated heterocycles. The summed E-state index contributed by atoms with van der Waals surface area (Å²) in [5.41, 5.74) is 0.772. The van der Waals surface area contributed by atoms with Gasteiger partial charge in [0.2, 0.25) is 0 Å². The van der Waals surface area contributed by atoms with Gasteiger partial charge >= 0.3 is 12.1 Å². The van der Waals surface area contributed by atoms with E-state index in [0.29, 0.717) is 29.4 Å². The molecule has 1 amide bonds. The van der Waals surface area contributed by atoms with Gasteiger partial charge in [0.1, 0.15) is 12.1 Å². The van der Waals surface area contributed by atoms with E-state index < -0.39 is 36.5 Å². The molecule has 1 unspecified atom stereocenters. The number of hydrogen-bond acceptors (Lipinski definition) is 6. The highest BCUT2D eigenvalue weighted by Crippen LogP contribution is 2.24. The highest BCUT2D eigenvalue weighted by molar-refractivity contribution is 6.34. The molecule has 3 atom stereocenters. The summed E-state index contributed by atoms with van der Waals surface area (Å²) >= 11 is 12.0. The Hall–Kier alpha value is -1.58. The summed E-state index contributed by atoms with van der Waals surface area (Å²) in [6, 6.07) is 3.29. The maximum atomic E-state index is 12.2. The molecule has 10 heteroatoms. The smallest absolute Gasteiger partial charge is 0.410 e. The summed E-state index contributed by atoms with van der Waals surface area (Å²) in [4.78, 5) is 25.1. The van der Waals surface area contributed by atoms with Gasteiger partial charge in [0.05, 0.1) is 12.6 Å². The van der Waals surface area contributed by atoms with Gasteiger partial charge in [-0.1, -0.05) is 37.0 Å². The van der Waals surface area contributed by atoms with Gasteiger partial charge in [-0.25, -0.2) is 4.79 Å². The molecule has 168 valence electrons. The zero-order valence-electron chi connectivity index (χ0n) is 16.9. The maximum absolute atomic E-state index is 12.2. The lowest BCUT2D eigenvalue weighted by Gasteiger charge is -2.26. The highest BCUT2D eigenvalue weighted by atomic mass is 35.5. The molecule has 0 spiro atoms. The topological polar surface area (TPSA) is 119 Å². The molecule has 1 aromatic carbocycles. The van der Waals surface area contributed by atoms with Gasteiger partial charge in [-0.15, -0.1) is 0 Å². The predicted molar refractivity (Wildman–Crippen MR) is 112 cm³/mol. The Morgan fingerprint density at radius 1 is 1.27 bits per heavy atom. The molecule has 8 nitrogen and oxygen atoms in total. The fraction of sp³-hybridized carbons (Fsp3) is 0.600. The first-order valence-electron chi connectivity index (χ1n) is 9.80. The van der Waals surface area contributed by atoms with E-state index in [1.165, 1.54) is 4.90 Å². The quantitative estimate of drug-likeness (QED) is 0.373. The SMILES string of the molecule is CC(C)C[C@H](N[C@@H](CCC1CN(Cc2cc(Cl)cc(Cl)c2)C(=O)O1)C(O)O)C(=O)O. The van der Waals surface area contributed by atoms with Crippen LogP contribution in [-0.2, 0) is 16.1 Å². The molecular formula is C20H28Cl2N2O6. The molecule has 1 aliphatic rings. The van der Waals surface area contributed by atoms with Crippen molar-refractivity contribution in [3.05, 3.63) is 33.8 Å². The lowest BCUT2D eigenvalue weighted by atomic mass is 10.0. The zero-order chi connectivity index (χ0) is 22.4. The fourth-order valence-corrected chi connectivity index (χ4v) is 4.00. The molecule has 1 aliphatic heterocycles. The summed E-state index contributed by atoms with van der Waals surface area (Å²) in [5.74, 6) is -0.924. The molecule has 1 heterocycles. The normalized spacial score (nSPS) is 18.7. The molecule has 0 saturated carbocycles. The predicted octanol–water partition coefficient (Wildman–Crippen LogP) is 2.86. The third-order valence-corrected chi connectivity index (χ3v) is 5.26. The van der Waals surface area contributed by atoms with E-state index in [1.54, 1.807) is 18.2 Å². The van der Waals surface area contributed by atoms with Crippen LogP contribution in [0.25, 0.3) is 0 Å². The van der Waals surface area contributed by atoms with Crippen LogP contribution in [0.4, 0.5) is 4.79 Å². The number of cyclic esters (lactones) is 1. The number of aliphatic carboxylic acids is 1. The molecule has 0 aromatic heterocycles. The number of nitrogens with zero attached hydrogens (tertiary/aromatic N) is 1.